The molecule has 1 aliphatic rings. The molecule has 0 saturated carbocycles. The molecule has 0 amide bonds. The van der Waals surface area contributed by atoms with Crippen molar-refractivity contribution in [2.24, 2.45) is 5.41 Å². The molecule has 1 saturated heterocycles. The van der Waals surface area contributed by atoms with Crippen LogP contribution in [0, 0.1) is 5.41 Å². The molecular formula is C15H18ClN3O2. The molecule has 3 rings (SSSR count). The molecule has 1 aromatic heterocycles. The normalized spacial score (nSPS) is 20.3. The Bertz CT molecular complexity index is 586. The summed E-state index contributed by atoms with van der Waals surface area (Å²) in [5.74, 6) is -0.853. The van der Waals surface area contributed by atoms with E-state index in [1.54, 1.807) is 11.0 Å². The van der Waals surface area contributed by atoms with Crippen molar-refractivity contribution in [1.82, 2.24) is 14.8 Å². The molecule has 1 aromatic carbocycles. The van der Waals surface area contributed by atoms with Crippen molar-refractivity contribution >= 4 is 11.6 Å². The zero-order valence-corrected chi connectivity index (χ0v) is 12.9. The first-order chi connectivity index (χ1) is 9.99. The number of hydrogen-bond acceptors (Lipinski definition) is 4. The predicted octanol–water partition coefficient (Wildman–Crippen LogP) is 2.86. The molecule has 21 heavy (non-hydrogen) atoms. The first-order valence-corrected chi connectivity index (χ1v) is 7.23. The SMILES string of the molecule is CC1(C)COC(Cn2cncn2)(c2ccc(Cl)cc2)OC1. The third-order valence-electron chi connectivity index (χ3n) is 3.51. The van der Waals surface area contributed by atoms with E-state index in [1.165, 1.54) is 6.33 Å². The van der Waals surface area contributed by atoms with Gasteiger partial charge in [-0.1, -0.05) is 37.6 Å². The Hall–Kier alpha value is -1.43. The van der Waals surface area contributed by atoms with E-state index in [-0.39, 0.29) is 5.41 Å². The second kappa shape index (κ2) is 5.40. The third kappa shape index (κ3) is 3.10. The quantitative estimate of drug-likeness (QED) is 0.875. The van der Waals surface area contributed by atoms with E-state index >= 15 is 0 Å². The van der Waals surface area contributed by atoms with E-state index in [9.17, 15) is 0 Å². The largest absolute Gasteiger partial charge is 0.344 e. The van der Waals surface area contributed by atoms with Gasteiger partial charge in [0.25, 0.3) is 0 Å². The molecule has 1 aliphatic heterocycles. The molecular weight excluding hydrogens is 290 g/mol. The average Bonchev–Trinajstić information content (AvgIpc) is 2.95. The third-order valence-corrected chi connectivity index (χ3v) is 3.76. The molecule has 112 valence electrons. The van der Waals surface area contributed by atoms with Gasteiger partial charge in [0, 0.05) is 16.0 Å². The lowest BCUT2D eigenvalue weighted by molar-refractivity contribution is -0.315. The van der Waals surface area contributed by atoms with Gasteiger partial charge in [-0.2, -0.15) is 5.10 Å². The summed E-state index contributed by atoms with van der Waals surface area (Å²) in [6, 6.07) is 7.54. The Morgan fingerprint density at radius 1 is 1.19 bits per heavy atom. The Kier molecular flexibility index (Phi) is 3.73. The lowest BCUT2D eigenvalue weighted by atomic mass is 9.93. The highest BCUT2D eigenvalue weighted by Crippen LogP contribution is 2.38. The van der Waals surface area contributed by atoms with Crippen LogP contribution in [-0.4, -0.2) is 28.0 Å². The van der Waals surface area contributed by atoms with Gasteiger partial charge >= 0.3 is 0 Å². The van der Waals surface area contributed by atoms with Gasteiger partial charge in [0.2, 0.25) is 5.79 Å². The maximum Gasteiger partial charge on any atom is 0.215 e. The first-order valence-electron chi connectivity index (χ1n) is 6.86. The van der Waals surface area contributed by atoms with Crippen molar-refractivity contribution in [1.29, 1.82) is 0 Å². The summed E-state index contributed by atoms with van der Waals surface area (Å²) in [4.78, 5) is 3.97. The molecule has 2 heterocycles. The van der Waals surface area contributed by atoms with Crippen molar-refractivity contribution < 1.29 is 9.47 Å². The fourth-order valence-corrected chi connectivity index (χ4v) is 2.41. The molecule has 0 atom stereocenters. The van der Waals surface area contributed by atoms with E-state index in [4.69, 9.17) is 21.1 Å². The van der Waals surface area contributed by atoms with E-state index in [1.807, 2.05) is 24.3 Å². The lowest BCUT2D eigenvalue weighted by Gasteiger charge is -2.43. The van der Waals surface area contributed by atoms with Gasteiger partial charge in [-0.25, -0.2) is 9.67 Å². The molecule has 0 spiro atoms. The van der Waals surface area contributed by atoms with E-state index in [0.717, 1.165) is 5.56 Å². The molecule has 0 aliphatic carbocycles. The van der Waals surface area contributed by atoms with Gasteiger partial charge in [-0.3, -0.25) is 0 Å². The van der Waals surface area contributed by atoms with Crippen LogP contribution < -0.4 is 0 Å². The van der Waals surface area contributed by atoms with Crippen LogP contribution in [0.2, 0.25) is 5.02 Å². The summed E-state index contributed by atoms with van der Waals surface area (Å²) in [6.07, 6.45) is 3.16. The van der Waals surface area contributed by atoms with Crippen LogP contribution in [0.3, 0.4) is 0 Å². The van der Waals surface area contributed by atoms with Crippen LogP contribution in [0.4, 0.5) is 0 Å². The summed E-state index contributed by atoms with van der Waals surface area (Å²) in [5, 5.41) is 4.84. The van der Waals surface area contributed by atoms with Gasteiger partial charge in [0.05, 0.1) is 13.2 Å². The van der Waals surface area contributed by atoms with E-state index < -0.39 is 5.79 Å². The first kappa shape index (κ1) is 14.5. The van der Waals surface area contributed by atoms with Gasteiger partial charge in [0.1, 0.15) is 19.2 Å². The minimum absolute atomic E-state index is 0.00169. The van der Waals surface area contributed by atoms with Crippen LogP contribution in [0.5, 0.6) is 0 Å². The number of hydrogen-bond donors (Lipinski definition) is 0. The maximum absolute atomic E-state index is 6.13. The number of aromatic nitrogens is 3. The molecule has 6 heteroatoms. The van der Waals surface area contributed by atoms with Gasteiger partial charge in [-0.15, -0.1) is 0 Å². The zero-order chi connectivity index (χ0) is 14.9. The summed E-state index contributed by atoms with van der Waals surface area (Å²) in [5.41, 5.74) is 0.927. The van der Waals surface area contributed by atoms with E-state index in [0.29, 0.717) is 24.8 Å². The van der Waals surface area contributed by atoms with Crippen molar-refractivity contribution in [3.05, 3.63) is 47.5 Å². The fourth-order valence-electron chi connectivity index (χ4n) is 2.29. The van der Waals surface area contributed by atoms with E-state index in [2.05, 4.69) is 23.9 Å². The summed E-state index contributed by atoms with van der Waals surface area (Å²) in [6.45, 7) is 5.92. The monoisotopic (exact) mass is 307 g/mol. The summed E-state index contributed by atoms with van der Waals surface area (Å²) >= 11 is 5.97. The molecule has 5 nitrogen and oxygen atoms in total. The van der Waals surface area contributed by atoms with Crippen molar-refractivity contribution in [3.63, 3.8) is 0 Å². The van der Waals surface area contributed by atoms with Gasteiger partial charge in [0.15, 0.2) is 0 Å². The standard InChI is InChI=1S/C15H18ClN3O2/c1-14(2)8-20-15(21-9-14,7-19-11-17-10-18-19)12-3-5-13(16)6-4-12/h3-6,10-11H,7-9H2,1-2H3. The Labute approximate surface area is 128 Å². The number of rotatable bonds is 3. The molecule has 0 unspecified atom stereocenters. The Morgan fingerprint density at radius 2 is 1.86 bits per heavy atom. The second-order valence-electron chi connectivity index (χ2n) is 6.09. The molecule has 0 bridgehead atoms. The van der Waals surface area contributed by atoms with Crippen LogP contribution in [-0.2, 0) is 21.8 Å². The number of halogens is 1. The smallest absolute Gasteiger partial charge is 0.215 e. The van der Waals surface area contributed by atoms with Crippen LogP contribution in [0.25, 0.3) is 0 Å². The molecule has 1 fully saturated rings. The van der Waals surface area contributed by atoms with Crippen LogP contribution in [0.1, 0.15) is 19.4 Å². The fraction of sp³-hybridized carbons (Fsp3) is 0.467. The van der Waals surface area contributed by atoms with Crippen molar-refractivity contribution in [3.8, 4) is 0 Å². The number of benzene rings is 1. The van der Waals surface area contributed by atoms with Gasteiger partial charge < -0.3 is 9.47 Å². The Morgan fingerprint density at radius 3 is 2.43 bits per heavy atom. The molecule has 2 aromatic rings. The summed E-state index contributed by atoms with van der Waals surface area (Å²) in [7, 11) is 0. The highest BCUT2D eigenvalue weighted by Gasteiger charge is 2.42. The predicted molar refractivity (Wildman–Crippen MR) is 78.8 cm³/mol. The average molecular weight is 308 g/mol. The lowest BCUT2D eigenvalue weighted by Crippen LogP contribution is -2.48. The second-order valence-corrected chi connectivity index (χ2v) is 6.53. The zero-order valence-electron chi connectivity index (χ0n) is 12.1. The Balaban J connectivity index is 1.93. The maximum atomic E-state index is 6.13. The van der Waals surface area contributed by atoms with Crippen molar-refractivity contribution in [2.45, 2.75) is 26.2 Å². The van der Waals surface area contributed by atoms with Crippen molar-refractivity contribution in [2.75, 3.05) is 13.2 Å². The molecule has 0 radical (unpaired) electrons. The van der Waals surface area contributed by atoms with Crippen LogP contribution >= 0.6 is 11.6 Å². The summed E-state index contributed by atoms with van der Waals surface area (Å²) < 4.78 is 14.0. The highest BCUT2D eigenvalue weighted by atomic mass is 35.5. The number of ether oxygens (including phenoxy) is 2. The topological polar surface area (TPSA) is 49.2 Å². The minimum atomic E-state index is -0.853. The van der Waals surface area contributed by atoms with Gasteiger partial charge in [-0.05, 0) is 12.1 Å². The molecule has 0 N–H and O–H groups in total. The minimum Gasteiger partial charge on any atom is -0.344 e. The number of nitrogens with zero attached hydrogens (tertiary/aromatic N) is 3. The van der Waals surface area contributed by atoms with Crippen LogP contribution in [0.15, 0.2) is 36.9 Å². The highest BCUT2D eigenvalue weighted by molar-refractivity contribution is 6.30.